The van der Waals surface area contributed by atoms with Crippen molar-refractivity contribution in [3.05, 3.63) is 0 Å². The number of carbonyl (C=O) groups is 2. The number of amides is 2. The van der Waals surface area contributed by atoms with Crippen molar-refractivity contribution in [3.8, 4) is 0 Å². The van der Waals surface area contributed by atoms with E-state index in [-0.39, 0.29) is 11.9 Å². The maximum Gasteiger partial charge on any atom is 0.326 e. The van der Waals surface area contributed by atoms with E-state index in [1.807, 2.05) is 13.8 Å². The van der Waals surface area contributed by atoms with Crippen molar-refractivity contribution >= 4 is 12.0 Å². The van der Waals surface area contributed by atoms with Crippen LogP contribution in [-0.2, 0) is 4.79 Å². The summed E-state index contributed by atoms with van der Waals surface area (Å²) in [5.41, 5.74) is 0. The summed E-state index contributed by atoms with van der Waals surface area (Å²) in [7, 11) is 0. The Morgan fingerprint density at radius 1 is 1.20 bits per heavy atom. The zero-order chi connectivity index (χ0) is 14.7. The van der Waals surface area contributed by atoms with Crippen LogP contribution in [0.1, 0.15) is 33.1 Å². The molecule has 2 fully saturated rings. The molecule has 1 saturated carbocycles. The standard InChI is InChI=1S/C14H25N3O3/c1-10(2)9-12(13(18)19)15-14(20)17-7-5-16(6-8-17)11-3-4-11/h10-12H,3-9H2,1-2H3,(H,15,20)(H,18,19)/t12-/m0/s1. The number of carbonyl (C=O) groups excluding carboxylic acids is 1. The number of carboxylic acids is 1. The van der Waals surface area contributed by atoms with E-state index in [9.17, 15) is 9.59 Å². The minimum absolute atomic E-state index is 0.239. The van der Waals surface area contributed by atoms with E-state index in [2.05, 4.69) is 10.2 Å². The van der Waals surface area contributed by atoms with Crippen molar-refractivity contribution in [2.75, 3.05) is 26.2 Å². The number of piperazine rings is 1. The van der Waals surface area contributed by atoms with Gasteiger partial charge in [-0.05, 0) is 25.2 Å². The van der Waals surface area contributed by atoms with E-state index in [4.69, 9.17) is 5.11 Å². The molecule has 0 radical (unpaired) electrons. The predicted octanol–water partition coefficient (Wildman–Crippen LogP) is 0.975. The molecule has 0 aromatic rings. The van der Waals surface area contributed by atoms with Crippen LogP contribution in [0, 0.1) is 5.92 Å². The van der Waals surface area contributed by atoms with Gasteiger partial charge >= 0.3 is 12.0 Å². The highest BCUT2D eigenvalue weighted by Gasteiger charge is 2.33. The minimum Gasteiger partial charge on any atom is -0.480 e. The fraction of sp³-hybridized carbons (Fsp3) is 0.857. The topological polar surface area (TPSA) is 72.9 Å². The summed E-state index contributed by atoms with van der Waals surface area (Å²) in [4.78, 5) is 27.4. The van der Waals surface area contributed by atoms with Crippen LogP contribution in [0.3, 0.4) is 0 Å². The van der Waals surface area contributed by atoms with E-state index in [0.717, 1.165) is 19.1 Å². The van der Waals surface area contributed by atoms with Gasteiger partial charge in [0.25, 0.3) is 0 Å². The average Bonchev–Trinajstić information content (AvgIpc) is 3.21. The highest BCUT2D eigenvalue weighted by molar-refractivity contribution is 5.82. The van der Waals surface area contributed by atoms with Gasteiger partial charge in [-0.15, -0.1) is 0 Å². The Kier molecular flexibility index (Phi) is 4.86. The lowest BCUT2D eigenvalue weighted by Gasteiger charge is -2.35. The van der Waals surface area contributed by atoms with Gasteiger partial charge in [0.05, 0.1) is 0 Å². The van der Waals surface area contributed by atoms with Crippen molar-refractivity contribution in [2.24, 2.45) is 5.92 Å². The number of aliphatic carboxylic acids is 1. The van der Waals surface area contributed by atoms with Gasteiger partial charge in [0.1, 0.15) is 6.04 Å². The van der Waals surface area contributed by atoms with Gasteiger partial charge in [-0.3, -0.25) is 4.90 Å². The third-order valence-corrected chi connectivity index (χ3v) is 3.97. The summed E-state index contributed by atoms with van der Waals surface area (Å²) in [5, 5.41) is 11.8. The second-order valence-corrected chi connectivity index (χ2v) is 6.22. The smallest absolute Gasteiger partial charge is 0.326 e. The third kappa shape index (κ3) is 4.10. The van der Waals surface area contributed by atoms with Gasteiger partial charge in [-0.1, -0.05) is 13.8 Å². The molecule has 2 aliphatic rings. The zero-order valence-electron chi connectivity index (χ0n) is 12.3. The summed E-state index contributed by atoms with van der Waals surface area (Å²) in [6.45, 7) is 7.10. The zero-order valence-corrected chi connectivity index (χ0v) is 12.3. The molecule has 1 aliphatic carbocycles. The first-order valence-electron chi connectivity index (χ1n) is 7.49. The Balaban J connectivity index is 1.79. The number of hydrogen-bond acceptors (Lipinski definition) is 3. The first-order chi connectivity index (χ1) is 9.47. The Morgan fingerprint density at radius 2 is 1.80 bits per heavy atom. The highest BCUT2D eigenvalue weighted by Crippen LogP contribution is 2.27. The van der Waals surface area contributed by atoms with Gasteiger partial charge in [-0.2, -0.15) is 0 Å². The van der Waals surface area contributed by atoms with E-state index in [0.29, 0.717) is 19.5 Å². The largest absolute Gasteiger partial charge is 0.480 e. The molecule has 6 heteroatoms. The molecule has 0 aromatic carbocycles. The number of nitrogens with zero attached hydrogens (tertiary/aromatic N) is 2. The normalized spacial score (nSPS) is 21.9. The van der Waals surface area contributed by atoms with Gasteiger partial charge in [0.15, 0.2) is 0 Å². The molecule has 20 heavy (non-hydrogen) atoms. The Bertz CT molecular complexity index is 361. The summed E-state index contributed by atoms with van der Waals surface area (Å²) in [5.74, 6) is -0.716. The number of rotatable bonds is 5. The molecule has 2 amide bonds. The van der Waals surface area contributed by atoms with Gasteiger partial charge in [-0.25, -0.2) is 9.59 Å². The molecule has 1 aliphatic heterocycles. The van der Waals surface area contributed by atoms with Crippen LogP contribution in [0.25, 0.3) is 0 Å². The Hall–Kier alpha value is -1.30. The van der Waals surface area contributed by atoms with Crippen LogP contribution in [0.2, 0.25) is 0 Å². The first-order valence-corrected chi connectivity index (χ1v) is 7.49. The Labute approximate surface area is 120 Å². The van der Waals surface area contributed by atoms with Crippen molar-refractivity contribution in [1.82, 2.24) is 15.1 Å². The fourth-order valence-corrected chi connectivity index (χ4v) is 2.66. The third-order valence-electron chi connectivity index (χ3n) is 3.97. The second kappa shape index (κ2) is 6.43. The number of nitrogens with one attached hydrogen (secondary N) is 1. The van der Waals surface area contributed by atoms with Crippen LogP contribution >= 0.6 is 0 Å². The lowest BCUT2D eigenvalue weighted by atomic mass is 10.0. The molecule has 1 atom stereocenters. The van der Waals surface area contributed by atoms with Crippen molar-refractivity contribution in [1.29, 1.82) is 0 Å². The lowest BCUT2D eigenvalue weighted by Crippen LogP contribution is -2.55. The second-order valence-electron chi connectivity index (χ2n) is 6.22. The molecule has 1 saturated heterocycles. The van der Waals surface area contributed by atoms with E-state index in [1.165, 1.54) is 12.8 Å². The van der Waals surface area contributed by atoms with Gasteiger partial charge in [0.2, 0.25) is 0 Å². The van der Waals surface area contributed by atoms with Gasteiger partial charge in [0, 0.05) is 32.2 Å². The molecule has 0 spiro atoms. The summed E-state index contributed by atoms with van der Waals surface area (Å²) < 4.78 is 0. The molecule has 2 rings (SSSR count). The maximum absolute atomic E-state index is 12.1. The van der Waals surface area contributed by atoms with Crippen LogP contribution in [0.5, 0.6) is 0 Å². The van der Waals surface area contributed by atoms with E-state index >= 15 is 0 Å². The van der Waals surface area contributed by atoms with E-state index < -0.39 is 12.0 Å². The van der Waals surface area contributed by atoms with Crippen LogP contribution in [-0.4, -0.2) is 65.2 Å². The molecule has 114 valence electrons. The molecule has 0 unspecified atom stereocenters. The minimum atomic E-state index is -0.955. The molecular weight excluding hydrogens is 258 g/mol. The van der Waals surface area contributed by atoms with Crippen LogP contribution < -0.4 is 5.32 Å². The summed E-state index contributed by atoms with van der Waals surface area (Å²) in [6.07, 6.45) is 3.02. The van der Waals surface area contributed by atoms with Crippen LogP contribution in [0.15, 0.2) is 0 Å². The quantitative estimate of drug-likeness (QED) is 0.789. The SMILES string of the molecule is CC(C)C[C@H](NC(=O)N1CCN(C2CC2)CC1)C(=O)O. The predicted molar refractivity (Wildman–Crippen MR) is 75.6 cm³/mol. The lowest BCUT2D eigenvalue weighted by molar-refractivity contribution is -0.139. The highest BCUT2D eigenvalue weighted by atomic mass is 16.4. The Morgan fingerprint density at radius 3 is 2.25 bits per heavy atom. The van der Waals surface area contributed by atoms with E-state index in [1.54, 1.807) is 4.90 Å². The van der Waals surface area contributed by atoms with Gasteiger partial charge < -0.3 is 15.3 Å². The summed E-state index contributed by atoms with van der Waals surface area (Å²) >= 11 is 0. The summed E-state index contributed by atoms with van der Waals surface area (Å²) in [6, 6.07) is -0.301. The number of carboxylic acid groups (broad SMARTS) is 1. The maximum atomic E-state index is 12.1. The monoisotopic (exact) mass is 283 g/mol. The molecule has 6 nitrogen and oxygen atoms in total. The molecule has 0 aromatic heterocycles. The van der Waals surface area contributed by atoms with Crippen molar-refractivity contribution in [2.45, 2.75) is 45.2 Å². The molecule has 2 N–H and O–H groups in total. The molecule has 1 heterocycles. The number of urea groups is 1. The van der Waals surface area contributed by atoms with Crippen molar-refractivity contribution < 1.29 is 14.7 Å². The fourth-order valence-electron chi connectivity index (χ4n) is 2.66. The van der Waals surface area contributed by atoms with Crippen LogP contribution in [0.4, 0.5) is 4.79 Å². The molecule has 0 bridgehead atoms. The first kappa shape index (κ1) is 15.1. The van der Waals surface area contributed by atoms with Crippen molar-refractivity contribution in [3.63, 3.8) is 0 Å². The molecular formula is C14H25N3O3. The number of hydrogen-bond donors (Lipinski definition) is 2. The average molecular weight is 283 g/mol.